The predicted molar refractivity (Wildman–Crippen MR) is 63.1 cm³/mol. The molecular weight excluding hydrogens is 206 g/mol. The van der Waals surface area contributed by atoms with Crippen LogP contribution >= 0.6 is 0 Å². The van der Waals surface area contributed by atoms with Crippen LogP contribution in [0.5, 0.6) is 0 Å². The number of amides is 1. The van der Waals surface area contributed by atoms with Crippen molar-refractivity contribution in [3.8, 4) is 0 Å². The summed E-state index contributed by atoms with van der Waals surface area (Å²) in [6, 6.07) is 7.41. The zero-order valence-electron chi connectivity index (χ0n) is 9.34. The van der Waals surface area contributed by atoms with Crippen molar-refractivity contribution in [2.24, 2.45) is 4.99 Å². The van der Waals surface area contributed by atoms with Crippen molar-refractivity contribution >= 4 is 18.1 Å². The fraction of sp³-hybridized carbons (Fsp3) is 0.273. The summed E-state index contributed by atoms with van der Waals surface area (Å²) in [6.45, 7) is 0.292. The maximum atomic E-state index is 10.3. The molecule has 5 heteroatoms. The van der Waals surface area contributed by atoms with Crippen LogP contribution in [-0.4, -0.2) is 36.5 Å². The molecular formula is C11H15N3O2. The molecule has 0 saturated carbocycles. The van der Waals surface area contributed by atoms with Gasteiger partial charge in [0, 0.05) is 20.6 Å². The number of rotatable bonds is 4. The molecule has 1 aromatic carbocycles. The number of aliphatic imine (C=N–C) groups is 1. The van der Waals surface area contributed by atoms with Gasteiger partial charge in [0.1, 0.15) is 0 Å². The van der Waals surface area contributed by atoms with Crippen LogP contribution in [0.2, 0.25) is 0 Å². The first-order valence-corrected chi connectivity index (χ1v) is 4.84. The molecule has 0 heterocycles. The fourth-order valence-corrected chi connectivity index (χ4v) is 1.11. The number of hydrogen-bond donors (Lipinski definition) is 2. The van der Waals surface area contributed by atoms with E-state index in [1.165, 1.54) is 0 Å². The monoisotopic (exact) mass is 221 g/mol. The second-order valence-electron chi connectivity index (χ2n) is 3.54. The summed E-state index contributed by atoms with van der Waals surface area (Å²) in [5.74, 6) is 0. The van der Waals surface area contributed by atoms with Crippen LogP contribution in [0, 0.1) is 0 Å². The second-order valence-corrected chi connectivity index (χ2v) is 3.54. The normalized spacial score (nSPS) is 10.4. The van der Waals surface area contributed by atoms with Gasteiger partial charge >= 0.3 is 6.09 Å². The van der Waals surface area contributed by atoms with Crippen molar-refractivity contribution in [2.45, 2.75) is 6.54 Å². The van der Waals surface area contributed by atoms with Gasteiger partial charge in [-0.15, -0.1) is 0 Å². The minimum Gasteiger partial charge on any atom is -0.465 e. The minimum atomic E-state index is -1.03. The summed E-state index contributed by atoms with van der Waals surface area (Å²) < 4.78 is 0. The molecule has 1 amide bonds. The molecule has 0 atom stereocenters. The van der Waals surface area contributed by atoms with Crippen LogP contribution in [0.25, 0.3) is 0 Å². The summed E-state index contributed by atoms with van der Waals surface area (Å²) in [4.78, 5) is 16.4. The molecule has 0 aliphatic heterocycles. The highest BCUT2D eigenvalue weighted by Crippen LogP contribution is 2.13. The molecule has 16 heavy (non-hydrogen) atoms. The highest BCUT2D eigenvalue weighted by Gasteiger charge is 1.97. The Bertz CT molecular complexity index is 389. The molecule has 0 unspecified atom stereocenters. The lowest BCUT2D eigenvalue weighted by atomic mass is 10.2. The van der Waals surface area contributed by atoms with Gasteiger partial charge in [-0.05, 0) is 17.7 Å². The topological polar surface area (TPSA) is 64.9 Å². The molecule has 0 aromatic heterocycles. The van der Waals surface area contributed by atoms with Crippen molar-refractivity contribution in [1.82, 2.24) is 10.2 Å². The molecule has 2 N–H and O–H groups in total. The Kier molecular flexibility index (Phi) is 4.32. The first kappa shape index (κ1) is 12.0. The smallest absolute Gasteiger partial charge is 0.404 e. The number of hydrogen-bond acceptors (Lipinski definition) is 2. The molecule has 0 aliphatic rings. The maximum absolute atomic E-state index is 10.3. The summed E-state index contributed by atoms with van der Waals surface area (Å²) in [5.41, 5.74) is 1.69. The molecule has 5 nitrogen and oxygen atoms in total. The van der Waals surface area contributed by atoms with Crippen LogP contribution < -0.4 is 5.32 Å². The summed E-state index contributed by atoms with van der Waals surface area (Å²) in [6.07, 6.45) is 0.672. The van der Waals surface area contributed by atoms with Gasteiger partial charge in [0.2, 0.25) is 0 Å². The summed E-state index contributed by atoms with van der Waals surface area (Å²) >= 11 is 0. The summed E-state index contributed by atoms with van der Waals surface area (Å²) in [5, 5.41) is 10.8. The van der Waals surface area contributed by atoms with Gasteiger partial charge in [-0.2, -0.15) is 0 Å². The van der Waals surface area contributed by atoms with E-state index < -0.39 is 6.09 Å². The van der Waals surface area contributed by atoms with E-state index in [0.717, 1.165) is 11.3 Å². The van der Waals surface area contributed by atoms with Crippen LogP contribution in [0.15, 0.2) is 29.3 Å². The molecule has 1 rings (SSSR count). The Balaban J connectivity index is 2.67. The lowest BCUT2D eigenvalue weighted by Crippen LogP contribution is -2.19. The number of nitrogens with zero attached hydrogens (tertiary/aromatic N) is 2. The third-order valence-corrected chi connectivity index (χ3v) is 1.79. The van der Waals surface area contributed by atoms with E-state index in [2.05, 4.69) is 10.3 Å². The van der Waals surface area contributed by atoms with Gasteiger partial charge in [-0.1, -0.05) is 12.1 Å². The third-order valence-electron chi connectivity index (χ3n) is 1.79. The number of nitrogens with one attached hydrogen (secondary N) is 1. The fourth-order valence-electron chi connectivity index (χ4n) is 1.11. The van der Waals surface area contributed by atoms with Crippen LogP contribution in [0.1, 0.15) is 5.56 Å². The highest BCUT2D eigenvalue weighted by molar-refractivity contribution is 5.64. The van der Waals surface area contributed by atoms with E-state index in [1.807, 2.05) is 43.3 Å². The standard InChI is InChI=1S/C11H15N3O2/c1-14(2)8-13-10-5-3-4-9(6-10)7-12-11(15)16/h3-6,8,12H,7H2,1-2H3,(H,15,16). The van der Waals surface area contributed by atoms with E-state index in [1.54, 1.807) is 6.34 Å². The van der Waals surface area contributed by atoms with E-state index in [4.69, 9.17) is 5.11 Å². The van der Waals surface area contributed by atoms with E-state index in [-0.39, 0.29) is 0 Å². The number of benzene rings is 1. The van der Waals surface area contributed by atoms with Crippen molar-refractivity contribution in [3.05, 3.63) is 29.8 Å². The number of carboxylic acid groups (broad SMARTS) is 1. The van der Waals surface area contributed by atoms with E-state index in [9.17, 15) is 4.79 Å². The van der Waals surface area contributed by atoms with E-state index >= 15 is 0 Å². The maximum Gasteiger partial charge on any atom is 0.404 e. The quantitative estimate of drug-likeness (QED) is 0.600. The van der Waals surface area contributed by atoms with Crippen LogP contribution in [0.4, 0.5) is 10.5 Å². The zero-order valence-corrected chi connectivity index (χ0v) is 9.34. The van der Waals surface area contributed by atoms with E-state index in [0.29, 0.717) is 6.54 Å². The zero-order chi connectivity index (χ0) is 12.0. The van der Waals surface area contributed by atoms with Gasteiger partial charge in [0.25, 0.3) is 0 Å². The highest BCUT2D eigenvalue weighted by atomic mass is 16.4. The minimum absolute atomic E-state index is 0.292. The lowest BCUT2D eigenvalue weighted by Gasteiger charge is -2.04. The van der Waals surface area contributed by atoms with Crippen LogP contribution in [0.3, 0.4) is 0 Å². The average Bonchev–Trinajstić information content (AvgIpc) is 2.24. The third kappa shape index (κ3) is 4.45. The molecule has 86 valence electrons. The van der Waals surface area contributed by atoms with Crippen LogP contribution in [-0.2, 0) is 6.54 Å². The van der Waals surface area contributed by atoms with Gasteiger partial charge < -0.3 is 15.3 Å². The van der Waals surface area contributed by atoms with Gasteiger partial charge in [-0.25, -0.2) is 9.79 Å². The molecule has 1 aromatic rings. The van der Waals surface area contributed by atoms with Crippen molar-refractivity contribution in [2.75, 3.05) is 14.1 Å². The molecule has 0 saturated heterocycles. The van der Waals surface area contributed by atoms with Gasteiger partial charge in [-0.3, -0.25) is 0 Å². The second kappa shape index (κ2) is 5.75. The Morgan fingerprint density at radius 1 is 1.56 bits per heavy atom. The molecule has 0 bridgehead atoms. The first-order chi connectivity index (χ1) is 7.58. The SMILES string of the molecule is CN(C)C=Nc1cccc(CNC(=O)O)c1. The predicted octanol–water partition coefficient (Wildman–Crippen LogP) is 1.68. The lowest BCUT2D eigenvalue weighted by molar-refractivity contribution is 0.194. The van der Waals surface area contributed by atoms with Gasteiger partial charge in [0.15, 0.2) is 0 Å². The Morgan fingerprint density at radius 3 is 2.94 bits per heavy atom. The molecule has 0 fully saturated rings. The first-order valence-electron chi connectivity index (χ1n) is 4.84. The van der Waals surface area contributed by atoms with Crippen molar-refractivity contribution in [1.29, 1.82) is 0 Å². The Labute approximate surface area is 94.4 Å². The Morgan fingerprint density at radius 2 is 2.31 bits per heavy atom. The van der Waals surface area contributed by atoms with Crippen molar-refractivity contribution in [3.63, 3.8) is 0 Å². The largest absolute Gasteiger partial charge is 0.465 e. The van der Waals surface area contributed by atoms with Crippen molar-refractivity contribution < 1.29 is 9.90 Å². The Hall–Kier alpha value is -2.04. The average molecular weight is 221 g/mol. The van der Waals surface area contributed by atoms with Gasteiger partial charge in [0.05, 0.1) is 12.0 Å². The molecule has 0 radical (unpaired) electrons. The molecule has 0 aliphatic carbocycles. The molecule has 0 spiro atoms. The number of carbonyl (C=O) groups is 1. The summed E-state index contributed by atoms with van der Waals surface area (Å²) in [7, 11) is 3.78.